The Morgan fingerprint density at radius 3 is 2.58 bits per heavy atom. The lowest BCUT2D eigenvalue weighted by atomic mass is 10.1. The third-order valence-corrected chi connectivity index (χ3v) is 2.21. The Balaban J connectivity index is 2.78. The summed E-state index contributed by atoms with van der Waals surface area (Å²) in [6.07, 6.45) is 0. The second kappa shape index (κ2) is 5.75. The highest BCUT2D eigenvalue weighted by Gasteiger charge is 2.17. The zero-order valence-corrected chi connectivity index (χ0v) is 11.0. The average molecular weight is 269 g/mol. The number of nitrogens with zero attached hydrogens (tertiary/aromatic N) is 1. The van der Waals surface area contributed by atoms with Gasteiger partial charge in [-0.05, 0) is 26.8 Å². The van der Waals surface area contributed by atoms with Crippen molar-refractivity contribution in [2.24, 2.45) is 0 Å². The number of anilines is 1. The van der Waals surface area contributed by atoms with E-state index in [-0.39, 0.29) is 23.5 Å². The third-order valence-electron chi connectivity index (χ3n) is 2.21. The normalized spacial score (nSPS) is 11.2. The van der Waals surface area contributed by atoms with Crippen molar-refractivity contribution >= 4 is 17.3 Å². The van der Waals surface area contributed by atoms with Crippen LogP contribution in [0.1, 0.15) is 20.8 Å². The Hall–Kier alpha value is -2.02. The van der Waals surface area contributed by atoms with E-state index in [1.807, 2.05) is 20.8 Å². The molecular formula is C12H16FN3O3. The van der Waals surface area contributed by atoms with Crippen LogP contribution < -0.4 is 10.6 Å². The Morgan fingerprint density at radius 1 is 1.42 bits per heavy atom. The summed E-state index contributed by atoms with van der Waals surface area (Å²) in [6, 6.07) is 2.91. The first kappa shape index (κ1) is 15.0. The van der Waals surface area contributed by atoms with Crippen LogP contribution in [-0.4, -0.2) is 22.9 Å². The van der Waals surface area contributed by atoms with E-state index in [9.17, 15) is 19.3 Å². The van der Waals surface area contributed by atoms with E-state index in [1.165, 1.54) is 0 Å². The predicted octanol–water partition coefficient (Wildman–Crippen LogP) is 2.06. The lowest BCUT2D eigenvalue weighted by Gasteiger charge is -2.19. The fourth-order valence-corrected chi connectivity index (χ4v) is 1.31. The van der Waals surface area contributed by atoms with Crippen LogP contribution in [0.5, 0.6) is 0 Å². The number of amides is 1. The number of carbonyl (C=O) groups is 1. The molecule has 0 aliphatic rings. The van der Waals surface area contributed by atoms with Gasteiger partial charge in [-0.25, -0.2) is 4.39 Å². The minimum Gasteiger partial charge on any atom is -0.319 e. The van der Waals surface area contributed by atoms with Crippen LogP contribution >= 0.6 is 0 Å². The van der Waals surface area contributed by atoms with Crippen molar-refractivity contribution in [3.63, 3.8) is 0 Å². The van der Waals surface area contributed by atoms with Gasteiger partial charge in [0.2, 0.25) is 5.91 Å². The molecule has 1 rings (SSSR count). The molecule has 0 saturated carbocycles. The summed E-state index contributed by atoms with van der Waals surface area (Å²) in [5.74, 6) is -1.12. The van der Waals surface area contributed by atoms with Crippen LogP contribution in [0.2, 0.25) is 0 Å². The summed E-state index contributed by atoms with van der Waals surface area (Å²) in [5, 5.41) is 16.0. The van der Waals surface area contributed by atoms with Crippen LogP contribution in [0, 0.1) is 15.9 Å². The zero-order valence-electron chi connectivity index (χ0n) is 11.0. The number of nitro groups is 1. The molecule has 1 amide bonds. The molecule has 19 heavy (non-hydrogen) atoms. The third kappa shape index (κ3) is 5.01. The standard InChI is InChI=1S/C12H16FN3O3/c1-12(2,3)14-7-11(17)15-9-6-8(13)4-5-10(9)16(18)19/h4-6,14H,7H2,1-3H3,(H,15,17). The van der Waals surface area contributed by atoms with E-state index < -0.39 is 16.6 Å². The lowest BCUT2D eigenvalue weighted by molar-refractivity contribution is -0.384. The van der Waals surface area contributed by atoms with Crippen molar-refractivity contribution in [1.82, 2.24) is 5.32 Å². The molecule has 0 aliphatic heterocycles. The SMILES string of the molecule is CC(C)(C)NCC(=O)Nc1cc(F)ccc1[N+](=O)[O-]. The number of halogens is 1. The number of nitro benzene ring substituents is 1. The molecule has 104 valence electrons. The molecule has 0 saturated heterocycles. The number of rotatable bonds is 4. The summed E-state index contributed by atoms with van der Waals surface area (Å²) in [5.41, 5.74) is -0.748. The van der Waals surface area contributed by atoms with E-state index in [0.717, 1.165) is 18.2 Å². The molecule has 0 heterocycles. The van der Waals surface area contributed by atoms with Gasteiger partial charge in [-0.15, -0.1) is 0 Å². The maximum atomic E-state index is 13.0. The van der Waals surface area contributed by atoms with Gasteiger partial charge in [0.1, 0.15) is 11.5 Å². The quantitative estimate of drug-likeness (QED) is 0.647. The highest BCUT2D eigenvalue weighted by atomic mass is 19.1. The molecule has 0 radical (unpaired) electrons. The Kier molecular flexibility index (Phi) is 4.55. The van der Waals surface area contributed by atoms with Crippen molar-refractivity contribution < 1.29 is 14.1 Å². The average Bonchev–Trinajstić information content (AvgIpc) is 2.25. The number of hydrogen-bond acceptors (Lipinski definition) is 4. The van der Waals surface area contributed by atoms with Gasteiger partial charge in [0.05, 0.1) is 11.5 Å². The van der Waals surface area contributed by atoms with Gasteiger partial charge in [-0.3, -0.25) is 14.9 Å². The molecule has 6 nitrogen and oxygen atoms in total. The van der Waals surface area contributed by atoms with Crippen LogP contribution in [0.3, 0.4) is 0 Å². The van der Waals surface area contributed by atoms with Crippen LogP contribution in [0.25, 0.3) is 0 Å². The van der Waals surface area contributed by atoms with Crippen molar-refractivity contribution in [1.29, 1.82) is 0 Å². The van der Waals surface area contributed by atoms with Gasteiger partial charge < -0.3 is 10.6 Å². The minimum absolute atomic E-state index is 0.0167. The maximum absolute atomic E-state index is 13.0. The summed E-state index contributed by atoms with van der Waals surface area (Å²) < 4.78 is 13.0. The highest BCUT2D eigenvalue weighted by molar-refractivity contribution is 5.94. The van der Waals surface area contributed by atoms with Gasteiger partial charge in [-0.2, -0.15) is 0 Å². The summed E-state index contributed by atoms with van der Waals surface area (Å²) in [6.45, 7) is 5.62. The van der Waals surface area contributed by atoms with Crippen molar-refractivity contribution in [2.75, 3.05) is 11.9 Å². The fourth-order valence-electron chi connectivity index (χ4n) is 1.31. The predicted molar refractivity (Wildman–Crippen MR) is 69.4 cm³/mol. The largest absolute Gasteiger partial charge is 0.319 e. The molecule has 0 atom stereocenters. The number of nitrogens with one attached hydrogen (secondary N) is 2. The fraction of sp³-hybridized carbons (Fsp3) is 0.417. The molecule has 0 aliphatic carbocycles. The summed E-state index contributed by atoms with van der Waals surface area (Å²) in [7, 11) is 0. The van der Waals surface area contributed by atoms with Crippen LogP contribution in [0.4, 0.5) is 15.8 Å². The monoisotopic (exact) mass is 269 g/mol. The molecule has 7 heteroatoms. The van der Waals surface area contributed by atoms with E-state index in [0.29, 0.717) is 0 Å². The molecule has 0 spiro atoms. The van der Waals surface area contributed by atoms with Gasteiger partial charge in [0.15, 0.2) is 0 Å². The van der Waals surface area contributed by atoms with Crippen molar-refractivity contribution in [3.05, 3.63) is 34.1 Å². The van der Waals surface area contributed by atoms with E-state index in [4.69, 9.17) is 0 Å². The van der Waals surface area contributed by atoms with Gasteiger partial charge in [0.25, 0.3) is 5.69 Å². The van der Waals surface area contributed by atoms with Crippen molar-refractivity contribution in [3.8, 4) is 0 Å². The zero-order chi connectivity index (χ0) is 14.6. The molecule has 2 N–H and O–H groups in total. The molecule has 1 aromatic carbocycles. The summed E-state index contributed by atoms with van der Waals surface area (Å²) in [4.78, 5) is 21.7. The van der Waals surface area contributed by atoms with E-state index in [2.05, 4.69) is 10.6 Å². The molecule has 0 unspecified atom stereocenters. The Labute approximate surface area is 110 Å². The second-order valence-electron chi connectivity index (χ2n) is 5.07. The lowest BCUT2D eigenvalue weighted by Crippen LogP contribution is -2.41. The van der Waals surface area contributed by atoms with Gasteiger partial charge in [0, 0.05) is 17.7 Å². The molecule has 0 bridgehead atoms. The van der Waals surface area contributed by atoms with Gasteiger partial charge >= 0.3 is 0 Å². The smallest absolute Gasteiger partial charge is 0.292 e. The topological polar surface area (TPSA) is 84.3 Å². The number of carbonyl (C=O) groups excluding carboxylic acids is 1. The molecular weight excluding hydrogens is 253 g/mol. The Morgan fingerprint density at radius 2 is 2.05 bits per heavy atom. The molecule has 0 fully saturated rings. The van der Waals surface area contributed by atoms with Crippen LogP contribution in [0.15, 0.2) is 18.2 Å². The molecule has 0 aromatic heterocycles. The summed E-state index contributed by atoms with van der Waals surface area (Å²) >= 11 is 0. The maximum Gasteiger partial charge on any atom is 0.292 e. The first-order valence-electron chi connectivity index (χ1n) is 5.68. The van der Waals surface area contributed by atoms with Gasteiger partial charge in [-0.1, -0.05) is 0 Å². The highest BCUT2D eigenvalue weighted by Crippen LogP contribution is 2.24. The van der Waals surface area contributed by atoms with Crippen molar-refractivity contribution in [2.45, 2.75) is 26.3 Å². The van der Waals surface area contributed by atoms with Crippen LogP contribution in [-0.2, 0) is 4.79 Å². The number of benzene rings is 1. The second-order valence-corrected chi connectivity index (χ2v) is 5.07. The number of hydrogen-bond donors (Lipinski definition) is 2. The van der Waals surface area contributed by atoms with E-state index in [1.54, 1.807) is 0 Å². The van der Waals surface area contributed by atoms with E-state index >= 15 is 0 Å². The molecule has 1 aromatic rings. The Bertz CT molecular complexity index is 497. The minimum atomic E-state index is -0.674. The first-order valence-corrected chi connectivity index (χ1v) is 5.68. The first-order chi connectivity index (χ1) is 8.69.